The van der Waals surface area contributed by atoms with Crippen LogP contribution in [0.1, 0.15) is 77.1 Å². The van der Waals surface area contributed by atoms with E-state index >= 15 is 0 Å². The SMILES string of the molecule is COC(=O)N[C@H](C(=O)N1CCCC1c1nc2cc(-c3ncc(-c4ccc5[nH]c([C@@H]6CCCN6C(=O)[C@H](C(C)C)N(C)C(=O)O)nc5c4)o3)ccc2[nH]1)C(C)C. The number of fused-ring (bicyclic) bond motifs is 2. The summed E-state index contributed by atoms with van der Waals surface area (Å²) >= 11 is 0. The Hall–Kier alpha value is -5.93. The maximum absolute atomic E-state index is 13.7. The maximum Gasteiger partial charge on any atom is 0.407 e. The number of likely N-dealkylation sites (tertiary alicyclic amines) is 2. The van der Waals surface area contributed by atoms with E-state index in [9.17, 15) is 24.3 Å². The van der Waals surface area contributed by atoms with E-state index < -0.39 is 24.3 Å². The first-order valence-corrected chi connectivity index (χ1v) is 18.7. The third kappa shape index (κ3) is 7.20. The molecule has 0 saturated carbocycles. The Balaban J connectivity index is 1.09. The minimum absolute atomic E-state index is 0.131. The number of likely N-dealkylation sites (N-methyl/N-ethyl adjacent to an activating group) is 1. The van der Waals surface area contributed by atoms with E-state index in [2.05, 4.69) is 20.3 Å². The summed E-state index contributed by atoms with van der Waals surface area (Å²) in [7, 11) is 2.71. The van der Waals surface area contributed by atoms with Gasteiger partial charge in [-0.05, 0) is 73.9 Å². The van der Waals surface area contributed by atoms with E-state index in [0.29, 0.717) is 47.4 Å². The normalized spacial score (nSPS) is 18.4. The van der Waals surface area contributed by atoms with Gasteiger partial charge in [0.1, 0.15) is 23.7 Å². The first kappa shape index (κ1) is 37.4. The summed E-state index contributed by atoms with van der Waals surface area (Å²) < 4.78 is 11.0. The lowest BCUT2D eigenvalue weighted by atomic mass is 10.0. The highest BCUT2D eigenvalue weighted by Gasteiger charge is 2.40. The van der Waals surface area contributed by atoms with Gasteiger partial charge in [0.25, 0.3) is 0 Å². The maximum atomic E-state index is 13.7. The topological polar surface area (TPSA) is 203 Å². The summed E-state index contributed by atoms with van der Waals surface area (Å²) in [5.74, 6) is 1.59. The largest absolute Gasteiger partial charge is 0.465 e. The molecular formula is C39H47N9O7. The molecule has 4 amide bonds. The van der Waals surface area contributed by atoms with Crippen LogP contribution in [0.4, 0.5) is 9.59 Å². The summed E-state index contributed by atoms with van der Waals surface area (Å²) in [5, 5.41) is 12.3. The summed E-state index contributed by atoms with van der Waals surface area (Å²) in [6.07, 6.45) is 2.96. The fourth-order valence-electron chi connectivity index (χ4n) is 7.89. The molecule has 0 radical (unpaired) electrons. The van der Waals surface area contributed by atoms with E-state index in [1.165, 1.54) is 14.2 Å². The molecule has 4 N–H and O–H groups in total. The molecule has 2 aliphatic heterocycles. The molecule has 3 aromatic heterocycles. The molecular weight excluding hydrogens is 706 g/mol. The smallest absolute Gasteiger partial charge is 0.407 e. The molecule has 2 fully saturated rings. The van der Waals surface area contributed by atoms with Crippen LogP contribution in [0.5, 0.6) is 0 Å². The van der Waals surface area contributed by atoms with E-state index in [1.807, 2.05) is 64.1 Å². The predicted octanol–water partition coefficient (Wildman–Crippen LogP) is 6.10. The number of hydrogen-bond donors (Lipinski definition) is 4. The number of alkyl carbamates (subject to hydrolysis) is 1. The second-order valence-corrected chi connectivity index (χ2v) is 15.1. The second-order valence-electron chi connectivity index (χ2n) is 15.1. The van der Waals surface area contributed by atoms with Crippen LogP contribution < -0.4 is 5.32 Å². The Morgan fingerprint density at radius 1 is 0.873 bits per heavy atom. The molecule has 0 spiro atoms. The van der Waals surface area contributed by atoms with Crippen molar-refractivity contribution < 1.29 is 33.4 Å². The molecule has 55 heavy (non-hydrogen) atoms. The zero-order valence-electron chi connectivity index (χ0n) is 31.8. The van der Waals surface area contributed by atoms with Gasteiger partial charge in [-0.2, -0.15) is 0 Å². The van der Waals surface area contributed by atoms with E-state index in [0.717, 1.165) is 52.7 Å². The van der Waals surface area contributed by atoms with Gasteiger partial charge in [0.2, 0.25) is 17.7 Å². The average molecular weight is 754 g/mol. The monoisotopic (exact) mass is 753 g/mol. The fraction of sp³-hybridized carbons (Fsp3) is 0.462. The number of rotatable bonds is 10. The third-order valence-electron chi connectivity index (χ3n) is 10.7. The number of imidazole rings is 2. The van der Waals surface area contributed by atoms with Gasteiger partial charge in [-0.15, -0.1) is 0 Å². The van der Waals surface area contributed by atoms with Gasteiger partial charge in [0.05, 0.1) is 47.5 Å². The van der Waals surface area contributed by atoms with Gasteiger partial charge in [-0.1, -0.05) is 27.7 Å². The van der Waals surface area contributed by atoms with Crippen LogP contribution in [0.2, 0.25) is 0 Å². The second kappa shape index (κ2) is 15.1. The van der Waals surface area contributed by atoms with Gasteiger partial charge in [-0.25, -0.2) is 24.5 Å². The first-order valence-electron chi connectivity index (χ1n) is 18.7. The zero-order valence-corrected chi connectivity index (χ0v) is 31.8. The lowest BCUT2D eigenvalue weighted by Crippen LogP contribution is -2.51. The molecule has 2 aliphatic rings. The summed E-state index contributed by atoms with van der Waals surface area (Å²) in [5.41, 5.74) is 4.55. The van der Waals surface area contributed by atoms with E-state index in [4.69, 9.17) is 19.1 Å². The van der Waals surface area contributed by atoms with E-state index in [-0.39, 0.29) is 35.7 Å². The Bertz CT molecular complexity index is 2240. The number of aromatic nitrogens is 5. The van der Waals surface area contributed by atoms with Crippen molar-refractivity contribution >= 4 is 46.1 Å². The number of H-pyrrole nitrogens is 2. The summed E-state index contributed by atoms with van der Waals surface area (Å²) in [6.45, 7) is 8.56. The highest BCUT2D eigenvalue weighted by Crippen LogP contribution is 2.36. The van der Waals surface area contributed by atoms with Crippen LogP contribution in [0.3, 0.4) is 0 Å². The molecule has 7 rings (SSSR count). The van der Waals surface area contributed by atoms with Crippen molar-refractivity contribution in [1.29, 1.82) is 0 Å². The van der Waals surface area contributed by atoms with Crippen LogP contribution in [0.25, 0.3) is 44.8 Å². The zero-order chi connectivity index (χ0) is 39.1. The summed E-state index contributed by atoms with van der Waals surface area (Å²) in [6, 6.07) is 9.41. The predicted molar refractivity (Wildman–Crippen MR) is 203 cm³/mol. The van der Waals surface area contributed by atoms with Crippen molar-refractivity contribution in [2.45, 2.75) is 77.5 Å². The summed E-state index contributed by atoms with van der Waals surface area (Å²) in [4.78, 5) is 76.7. The van der Waals surface area contributed by atoms with Crippen LogP contribution in [-0.4, -0.2) is 108 Å². The van der Waals surface area contributed by atoms with Gasteiger partial charge < -0.3 is 39.3 Å². The number of hydrogen-bond acceptors (Lipinski definition) is 9. The Labute approximate surface area is 317 Å². The van der Waals surface area contributed by atoms with Crippen LogP contribution in [0.15, 0.2) is 47.0 Å². The third-order valence-corrected chi connectivity index (χ3v) is 10.7. The van der Waals surface area contributed by atoms with Crippen molar-refractivity contribution in [3.05, 3.63) is 54.2 Å². The average Bonchev–Trinajstić information content (AvgIpc) is 4.01. The number of carbonyl (C=O) groups excluding carboxylic acids is 3. The minimum atomic E-state index is -1.14. The molecule has 16 nitrogen and oxygen atoms in total. The molecule has 0 aliphatic carbocycles. The van der Waals surface area contributed by atoms with Crippen molar-refractivity contribution in [1.82, 2.24) is 44.9 Å². The number of carbonyl (C=O) groups is 4. The number of amides is 4. The van der Waals surface area contributed by atoms with Gasteiger partial charge in [0.15, 0.2) is 5.76 Å². The highest BCUT2D eigenvalue weighted by molar-refractivity contribution is 5.88. The Kier molecular flexibility index (Phi) is 10.2. The quantitative estimate of drug-likeness (QED) is 0.129. The Morgan fingerprint density at radius 2 is 1.44 bits per heavy atom. The highest BCUT2D eigenvalue weighted by atomic mass is 16.5. The molecule has 2 aromatic carbocycles. The molecule has 1 unspecified atom stereocenters. The molecule has 5 heterocycles. The van der Waals surface area contributed by atoms with Crippen molar-refractivity contribution in [3.63, 3.8) is 0 Å². The molecule has 16 heteroatoms. The number of oxazole rings is 1. The van der Waals surface area contributed by atoms with Crippen molar-refractivity contribution in [3.8, 4) is 22.8 Å². The van der Waals surface area contributed by atoms with Crippen molar-refractivity contribution in [2.75, 3.05) is 27.2 Å². The number of benzene rings is 2. The molecule has 290 valence electrons. The lowest BCUT2D eigenvalue weighted by Gasteiger charge is -2.33. The Morgan fingerprint density at radius 3 is 1.98 bits per heavy atom. The lowest BCUT2D eigenvalue weighted by molar-refractivity contribution is -0.138. The van der Waals surface area contributed by atoms with Crippen LogP contribution in [0, 0.1) is 11.8 Å². The molecule has 0 bridgehead atoms. The molecule has 4 atom stereocenters. The minimum Gasteiger partial charge on any atom is -0.465 e. The van der Waals surface area contributed by atoms with Gasteiger partial charge in [-0.3, -0.25) is 14.5 Å². The number of methoxy groups -OCH3 is 1. The van der Waals surface area contributed by atoms with Crippen LogP contribution >= 0.6 is 0 Å². The van der Waals surface area contributed by atoms with Gasteiger partial charge in [0, 0.05) is 31.3 Å². The number of aromatic amines is 2. The first-order chi connectivity index (χ1) is 26.3. The standard InChI is InChI=1S/C39H47N9O7/c1-20(2)31(45-38(51)54-6)36(49)47-15-7-9-28(47)33-42-25-14-12-23(18-27(25)44-33)35-40-19-30(55-35)22-11-13-24-26(17-22)43-34(41-24)29-10-8-16-48(29)37(50)32(21(3)4)46(5)39(52)53/h11-14,17-21,28-29,31-32H,7-10,15-16H2,1-6H3,(H,41,43)(H,42,44)(H,45,51)(H,52,53)/t28?,29-,31-,32-/m0/s1. The van der Waals surface area contributed by atoms with Crippen molar-refractivity contribution in [2.24, 2.45) is 11.8 Å². The van der Waals surface area contributed by atoms with E-state index in [1.54, 1.807) is 16.0 Å². The number of ether oxygens (including phenoxy) is 1. The number of nitrogens with one attached hydrogen (secondary N) is 3. The number of carboxylic acid groups (broad SMARTS) is 1. The van der Waals surface area contributed by atoms with Gasteiger partial charge >= 0.3 is 12.2 Å². The fourth-order valence-corrected chi connectivity index (χ4v) is 7.89. The molecule has 2 saturated heterocycles. The van der Waals surface area contributed by atoms with Crippen LogP contribution in [-0.2, 0) is 14.3 Å². The molecule has 5 aromatic rings. The number of nitrogens with zero attached hydrogens (tertiary/aromatic N) is 6.